The molecule has 3 aliphatic heterocycles. The number of benzene rings is 2. The van der Waals surface area contributed by atoms with Crippen molar-refractivity contribution >= 4 is 35.4 Å². The number of halogens is 7. The monoisotopic (exact) mass is 807 g/mol. The Balaban J connectivity index is 0.000000175. The number of carbonyl (C=O) groups excluding carboxylic acids is 3. The lowest BCUT2D eigenvalue weighted by Crippen LogP contribution is -2.41. The van der Waals surface area contributed by atoms with Crippen LogP contribution in [0.1, 0.15) is 91.3 Å². The molecular weight excluding hydrogens is 771 g/mol. The van der Waals surface area contributed by atoms with Crippen LogP contribution < -0.4 is 15.5 Å². The van der Waals surface area contributed by atoms with E-state index in [0.717, 1.165) is 54.8 Å². The van der Waals surface area contributed by atoms with Gasteiger partial charge in [-0.15, -0.1) is 0 Å². The third-order valence-corrected chi connectivity index (χ3v) is 10.4. The number of amides is 5. The average molecular weight is 808 g/mol. The number of cyclic esters (lactones) is 1. The number of anilines is 3. The van der Waals surface area contributed by atoms with Gasteiger partial charge in [-0.05, 0) is 32.3 Å². The number of carbonyl (C=O) groups is 3. The van der Waals surface area contributed by atoms with E-state index in [1.54, 1.807) is 4.90 Å². The van der Waals surface area contributed by atoms with Gasteiger partial charge in [0, 0.05) is 73.5 Å². The van der Waals surface area contributed by atoms with Gasteiger partial charge in [-0.3, -0.25) is 0 Å². The zero-order chi connectivity index (χ0) is 40.5. The van der Waals surface area contributed by atoms with Crippen LogP contribution in [0, 0.1) is 29.1 Å². The Morgan fingerprint density at radius 3 is 2.12 bits per heavy atom. The maximum absolute atomic E-state index is 13.6. The van der Waals surface area contributed by atoms with Gasteiger partial charge in [0.05, 0.1) is 41.7 Å². The molecule has 4 aromatic rings. The lowest BCUT2D eigenvalue weighted by molar-refractivity contribution is 0.137. The van der Waals surface area contributed by atoms with Crippen molar-refractivity contribution in [3.63, 3.8) is 0 Å². The summed E-state index contributed by atoms with van der Waals surface area (Å²) < 4.78 is 109. The van der Waals surface area contributed by atoms with Crippen molar-refractivity contribution in [2.75, 3.05) is 41.8 Å². The van der Waals surface area contributed by atoms with E-state index in [0.29, 0.717) is 68.3 Å². The normalized spacial score (nSPS) is 18.2. The lowest BCUT2D eigenvalue weighted by Gasteiger charge is -2.33. The first-order valence-electron chi connectivity index (χ1n) is 18.3. The third kappa shape index (κ3) is 8.06. The Kier molecular flexibility index (Phi) is 11.3. The predicted octanol–water partition coefficient (Wildman–Crippen LogP) is 8.73. The summed E-state index contributed by atoms with van der Waals surface area (Å²) in [6, 6.07) is 1.36. The molecule has 2 aromatic heterocycles. The van der Waals surface area contributed by atoms with Crippen molar-refractivity contribution in [2.24, 2.45) is 0 Å². The van der Waals surface area contributed by atoms with Crippen LogP contribution in [0.5, 0.6) is 0 Å². The standard InChI is InChI=1S/C19H20F3N3O2.C18H16F4N4O4/c1-10-16-15(24-27-18(16)11-4-2-3-5-11)6-7-25(10)19(26)23-12-8-13(20)17(22)14(21)9-12;19-12-7-9(6-10(14(12)20)15(21)22)23-17(27)25-4-2-13-11(8-25)16(30-24-13)26-3-1-5-29-18(26)28/h8-11H,2-7H2,1H3,(H,23,26);6-7,15H,1-5,8H2,(H,23,27). The van der Waals surface area contributed by atoms with Gasteiger partial charge in [-0.1, -0.05) is 23.2 Å². The first-order chi connectivity index (χ1) is 27.3. The number of ether oxygens (including phenoxy) is 1. The number of hydrogen-bond acceptors (Lipinski definition) is 8. The van der Waals surface area contributed by atoms with E-state index in [2.05, 4.69) is 20.9 Å². The Hall–Kier alpha value is -5.82. The van der Waals surface area contributed by atoms with Gasteiger partial charge in [-0.25, -0.2) is 50.0 Å². The van der Waals surface area contributed by atoms with E-state index >= 15 is 0 Å². The molecule has 1 unspecified atom stereocenters. The van der Waals surface area contributed by atoms with Crippen LogP contribution in [-0.4, -0.2) is 64.5 Å². The first kappa shape index (κ1) is 39.4. The Bertz CT molecular complexity index is 2150. The second-order valence-corrected chi connectivity index (χ2v) is 14.0. The molecule has 13 nitrogen and oxygen atoms in total. The molecule has 0 radical (unpaired) electrons. The van der Waals surface area contributed by atoms with Gasteiger partial charge in [0.2, 0.25) is 5.88 Å². The quantitative estimate of drug-likeness (QED) is 0.150. The Morgan fingerprint density at radius 1 is 0.807 bits per heavy atom. The molecule has 1 saturated heterocycles. The number of fused-ring (bicyclic) bond motifs is 2. The summed E-state index contributed by atoms with van der Waals surface area (Å²) in [5.74, 6) is -6.04. The molecule has 1 aliphatic carbocycles. The summed E-state index contributed by atoms with van der Waals surface area (Å²) >= 11 is 0. The van der Waals surface area contributed by atoms with Crippen LogP contribution >= 0.6 is 0 Å². The van der Waals surface area contributed by atoms with Crippen molar-refractivity contribution in [3.8, 4) is 0 Å². The minimum atomic E-state index is -3.24. The van der Waals surface area contributed by atoms with Gasteiger partial charge in [0.15, 0.2) is 29.1 Å². The summed E-state index contributed by atoms with van der Waals surface area (Å²) in [4.78, 5) is 41.4. The molecular formula is C37H36F7N7O6. The summed E-state index contributed by atoms with van der Waals surface area (Å²) in [5.41, 5.74) is 1.35. The van der Waals surface area contributed by atoms with E-state index in [9.17, 15) is 45.1 Å². The predicted molar refractivity (Wildman–Crippen MR) is 186 cm³/mol. The molecule has 5 amide bonds. The van der Waals surface area contributed by atoms with Crippen LogP contribution in [0.25, 0.3) is 0 Å². The highest BCUT2D eigenvalue weighted by molar-refractivity contribution is 5.91. The van der Waals surface area contributed by atoms with Gasteiger partial charge >= 0.3 is 18.2 Å². The molecule has 0 bridgehead atoms. The van der Waals surface area contributed by atoms with Crippen molar-refractivity contribution in [1.29, 1.82) is 0 Å². The Morgan fingerprint density at radius 2 is 1.44 bits per heavy atom. The molecule has 20 heteroatoms. The largest absolute Gasteiger partial charge is 0.449 e. The highest BCUT2D eigenvalue weighted by atomic mass is 19.3. The van der Waals surface area contributed by atoms with Gasteiger partial charge < -0.3 is 34.2 Å². The number of nitrogens with one attached hydrogen (secondary N) is 2. The number of rotatable bonds is 5. The molecule has 1 saturated carbocycles. The molecule has 2 fully saturated rings. The average Bonchev–Trinajstić information content (AvgIpc) is 3.96. The fraction of sp³-hybridized carbons (Fsp3) is 0.432. The third-order valence-electron chi connectivity index (χ3n) is 10.4. The summed E-state index contributed by atoms with van der Waals surface area (Å²) in [6.07, 6.45) is 2.07. The number of hydrogen-bond donors (Lipinski definition) is 2. The lowest BCUT2D eigenvalue weighted by atomic mass is 9.92. The molecule has 8 rings (SSSR count). The van der Waals surface area contributed by atoms with E-state index in [1.807, 2.05) is 6.92 Å². The highest BCUT2D eigenvalue weighted by Gasteiger charge is 2.37. The summed E-state index contributed by atoms with van der Waals surface area (Å²) in [6.45, 7) is 3.21. The van der Waals surface area contributed by atoms with Gasteiger partial charge in [0.1, 0.15) is 5.76 Å². The van der Waals surface area contributed by atoms with Crippen LogP contribution in [0.2, 0.25) is 0 Å². The fourth-order valence-corrected chi connectivity index (χ4v) is 7.49. The summed E-state index contributed by atoms with van der Waals surface area (Å²) in [7, 11) is 0. The molecule has 1 atom stereocenters. The topological polar surface area (TPSA) is 146 Å². The number of alkyl halides is 2. The number of nitrogens with zero attached hydrogens (tertiary/aromatic N) is 5. The zero-order valence-electron chi connectivity index (χ0n) is 30.4. The number of aromatic nitrogens is 2. The maximum atomic E-state index is 13.6. The van der Waals surface area contributed by atoms with Crippen molar-refractivity contribution in [2.45, 2.75) is 76.8 Å². The minimum Gasteiger partial charge on any atom is -0.449 e. The van der Waals surface area contributed by atoms with Crippen molar-refractivity contribution in [3.05, 3.63) is 87.2 Å². The fourth-order valence-electron chi connectivity index (χ4n) is 7.49. The second-order valence-electron chi connectivity index (χ2n) is 14.0. The van der Waals surface area contributed by atoms with Gasteiger partial charge in [-0.2, -0.15) is 0 Å². The van der Waals surface area contributed by atoms with Crippen molar-refractivity contribution in [1.82, 2.24) is 20.1 Å². The summed E-state index contributed by atoms with van der Waals surface area (Å²) in [5, 5.41) is 12.9. The first-order valence-corrected chi connectivity index (χ1v) is 18.3. The molecule has 2 aromatic carbocycles. The SMILES string of the molecule is CC1c2c(noc2C2CCCC2)CCN1C(=O)Nc1cc(F)c(F)c(F)c1.O=C(Nc1cc(F)c(F)c(C(F)F)c1)N1CCc2noc(N3CCCOC3=O)c2C1. The molecule has 4 aliphatic rings. The molecule has 5 heterocycles. The maximum Gasteiger partial charge on any atom is 0.416 e. The van der Waals surface area contributed by atoms with Crippen molar-refractivity contribution < 1.29 is 58.9 Å². The van der Waals surface area contributed by atoms with E-state index in [1.165, 1.54) is 9.80 Å². The molecule has 57 heavy (non-hydrogen) atoms. The zero-order valence-corrected chi connectivity index (χ0v) is 30.4. The minimum absolute atomic E-state index is 0.0230. The van der Waals surface area contributed by atoms with E-state index < -0.39 is 59.2 Å². The Labute approximate surface area is 320 Å². The van der Waals surface area contributed by atoms with E-state index in [-0.39, 0.29) is 36.4 Å². The van der Waals surface area contributed by atoms with E-state index in [4.69, 9.17) is 13.8 Å². The second kappa shape index (κ2) is 16.3. The smallest absolute Gasteiger partial charge is 0.416 e. The molecule has 304 valence electrons. The van der Waals surface area contributed by atoms with Crippen LogP contribution in [-0.2, 0) is 24.1 Å². The number of urea groups is 2. The van der Waals surface area contributed by atoms with Crippen LogP contribution in [0.15, 0.2) is 33.3 Å². The van der Waals surface area contributed by atoms with Gasteiger partial charge in [0.25, 0.3) is 6.43 Å². The van der Waals surface area contributed by atoms with Crippen LogP contribution in [0.4, 0.5) is 62.4 Å². The molecule has 2 N–H and O–H groups in total. The molecule has 0 spiro atoms. The van der Waals surface area contributed by atoms with Crippen LogP contribution in [0.3, 0.4) is 0 Å². The highest BCUT2D eigenvalue weighted by Crippen LogP contribution is 2.42.